The summed E-state index contributed by atoms with van der Waals surface area (Å²) < 4.78 is 31.7. The quantitative estimate of drug-likeness (QED) is 0.582. The Morgan fingerprint density at radius 1 is 1.31 bits per heavy atom. The van der Waals surface area contributed by atoms with Crippen molar-refractivity contribution in [3.05, 3.63) is 23.8 Å². The van der Waals surface area contributed by atoms with Crippen LogP contribution in [0, 0.1) is 0 Å². The first-order valence-electron chi connectivity index (χ1n) is 4.32. The largest absolute Gasteiger partial charge is 1.00 e. The topological polar surface area (TPSA) is 80.2 Å². The highest BCUT2D eigenvalue weighted by atomic mass is 35.5. The lowest BCUT2D eigenvalue weighted by Gasteiger charge is -2.09. The fourth-order valence-corrected chi connectivity index (χ4v) is 1.56. The molecular formula is C9H14ClNO4S. The third-order valence-electron chi connectivity index (χ3n) is 1.76. The molecule has 0 bridgehead atoms. The average molecular weight is 268 g/mol. The molecule has 0 aliphatic heterocycles. The van der Waals surface area contributed by atoms with Crippen molar-refractivity contribution in [1.29, 1.82) is 0 Å². The van der Waals surface area contributed by atoms with E-state index < -0.39 is 10.1 Å². The van der Waals surface area contributed by atoms with Gasteiger partial charge in [-0.05, 0) is 18.2 Å². The minimum Gasteiger partial charge on any atom is -1.00 e. The molecule has 3 N–H and O–H groups in total. The molecule has 0 spiro atoms. The van der Waals surface area contributed by atoms with Crippen molar-refractivity contribution >= 4 is 10.1 Å². The van der Waals surface area contributed by atoms with Gasteiger partial charge in [0.05, 0.1) is 19.9 Å². The third-order valence-corrected chi connectivity index (χ3v) is 2.24. The predicted octanol–water partition coefficient (Wildman–Crippen LogP) is -3.22. The molecule has 0 saturated carbocycles. The maximum Gasteiger partial charge on any atom is 0.306 e. The highest BCUT2D eigenvalue weighted by Gasteiger charge is 2.11. The molecule has 0 unspecified atom stereocenters. The molecule has 7 heteroatoms. The zero-order chi connectivity index (χ0) is 11.5. The van der Waals surface area contributed by atoms with E-state index in [1.807, 2.05) is 0 Å². The lowest BCUT2D eigenvalue weighted by molar-refractivity contribution is -0.386. The molecule has 5 nitrogen and oxygen atoms in total. The Bertz CT molecular complexity index is 447. The van der Waals surface area contributed by atoms with Crippen LogP contribution in [-0.4, -0.2) is 21.8 Å². The molecule has 92 valence electrons. The summed E-state index contributed by atoms with van der Waals surface area (Å²) in [7, 11) is -2.08. The number of hydrogen-bond acceptors (Lipinski definition) is 4. The van der Waals surface area contributed by atoms with E-state index in [0.717, 1.165) is 11.8 Å². The van der Waals surface area contributed by atoms with E-state index in [0.29, 0.717) is 12.3 Å². The summed E-state index contributed by atoms with van der Waals surface area (Å²) >= 11 is 0. The minimum absolute atomic E-state index is 0. The van der Waals surface area contributed by atoms with Crippen molar-refractivity contribution in [1.82, 2.24) is 0 Å². The standard InChI is InChI=1S/C9H13NO4S.ClH/c1-13-8-4-3-7(6-10)5-9(8)14-15(2,11)12;/h3-5H,6,10H2,1-2H3;1H. The Hall–Kier alpha value is -0.980. The zero-order valence-electron chi connectivity index (χ0n) is 9.07. The number of hydrogen-bond donors (Lipinski definition) is 1. The lowest BCUT2D eigenvalue weighted by atomic mass is 10.2. The molecule has 0 amide bonds. The van der Waals surface area contributed by atoms with Crippen LogP contribution in [0.3, 0.4) is 0 Å². The van der Waals surface area contributed by atoms with Gasteiger partial charge in [0.25, 0.3) is 0 Å². The van der Waals surface area contributed by atoms with Crippen LogP contribution >= 0.6 is 0 Å². The molecule has 1 rings (SSSR count). The molecule has 0 aromatic heterocycles. The number of benzene rings is 1. The number of quaternary nitrogens is 1. The Kier molecular flexibility index (Phi) is 5.57. The van der Waals surface area contributed by atoms with E-state index in [9.17, 15) is 8.42 Å². The first kappa shape index (κ1) is 15.0. The number of halogens is 1. The third kappa shape index (κ3) is 4.26. The van der Waals surface area contributed by atoms with Gasteiger partial charge in [-0.25, -0.2) is 0 Å². The van der Waals surface area contributed by atoms with E-state index in [1.54, 1.807) is 18.2 Å². The maximum atomic E-state index is 11.0. The number of rotatable bonds is 4. The van der Waals surface area contributed by atoms with Gasteiger partial charge in [-0.2, -0.15) is 8.42 Å². The Morgan fingerprint density at radius 2 is 1.94 bits per heavy atom. The van der Waals surface area contributed by atoms with E-state index in [2.05, 4.69) is 5.73 Å². The highest BCUT2D eigenvalue weighted by molar-refractivity contribution is 7.86. The lowest BCUT2D eigenvalue weighted by Crippen LogP contribution is -3.00. The number of methoxy groups -OCH3 is 1. The van der Waals surface area contributed by atoms with Crippen LogP contribution in [0.4, 0.5) is 0 Å². The SMILES string of the molecule is COc1ccc(C[NH3+])cc1OS(C)(=O)=O.[Cl-]. The molecule has 1 aromatic carbocycles. The van der Waals surface area contributed by atoms with Crippen LogP contribution in [0.25, 0.3) is 0 Å². The smallest absolute Gasteiger partial charge is 0.306 e. The van der Waals surface area contributed by atoms with Crippen molar-refractivity contribution < 1.29 is 35.5 Å². The Balaban J connectivity index is 0.00000225. The van der Waals surface area contributed by atoms with Gasteiger partial charge in [-0.15, -0.1) is 0 Å². The summed E-state index contributed by atoms with van der Waals surface area (Å²) in [5, 5.41) is 0. The van der Waals surface area contributed by atoms with Gasteiger partial charge < -0.3 is 27.1 Å². The summed E-state index contributed by atoms with van der Waals surface area (Å²) in [4.78, 5) is 0. The summed E-state index contributed by atoms with van der Waals surface area (Å²) in [6.45, 7) is 0.560. The van der Waals surface area contributed by atoms with Crippen molar-refractivity contribution in [2.45, 2.75) is 6.54 Å². The summed E-state index contributed by atoms with van der Waals surface area (Å²) in [5.41, 5.74) is 4.59. The molecule has 0 aliphatic rings. The molecule has 0 heterocycles. The first-order chi connectivity index (χ1) is 6.96. The van der Waals surface area contributed by atoms with Gasteiger partial charge in [0.2, 0.25) is 0 Å². The van der Waals surface area contributed by atoms with E-state index in [1.165, 1.54) is 7.11 Å². The van der Waals surface area contributed by atoms with E-state index >= 15 is 0 Å². The summed E-state index contributed by atoms with van der Waals surface area (Å²) in [5.74, 6) is 0.582. The van der Waals surface area contributed by atoms with E-state index in [-0.39, 0.29) is 18.2 Å². The zero-order valence-corrected chi connectivity index (χ0v) is 10.6. The van der Waals surface area contributed by atoms with Crippen molar-refractivity contribution in [3.63, 3.8) is 0 Å². The molecule has 1 aromatic rings. The Morgan fingerprint density at radius 3 is 2.38 bits per heavy atom. The average Bonchev–Trinajstić information content (AvgIpc) is 2.15. The first-order valence-corrected chi connectivity index (χ1v) is 6.13. The summed E-state index contributed by atoms with van der Waals surface area (Å²) in [6, 6.07) is 5.06. The normalized spacial score (nSPS) is 10.4. The molecule has 16 heavy (non-hydrogen) atoms. The molecule has 0 radical (unpaired) electrons. The number of ether oxygens (including phenoxy) is 1. The van der Waals surface area contributed by atoms with Crippen LogP contribution in [-0.2, 0) is 16.7 Å². The molecule has 0 fully saturated rings. The fraction of sp³-hybridized carbons (Fsp3) is 0.333. The fourth-order valence-electron chi connectivity index (χ4n) is 1.10. The van der Waals surface area contributed by atoms with Crippen LogP contribution in [0.1, 0.15) is 5.56 Å². The highest BCUT2D eigenvalue weighted by Crippen LogP contribution is 2.28. The second-order valence-corrected chi connectivity index (χ2v) is 4.60. The van der Waals surface area contributed by atoms with Crippen molar-refractivity contribution in [2.75, 3.05) is 13.4 Å². The van der Waals surface area contributed by atoms with Crippen LogP contribution < -0.4 is 27.1 Å². The van der Waals surface area contributed by atoms with Gasteiger partial charge >= 0.3 is 10.1 Å². The Labute approximate surface area is 101 Å². The van der Waals surface area contributed by atoms with Crippen molar-refractivity contribution in [3.8, 4) is 11.5 Å². The van der Waals surface area contributed by atoms with Crippen LogP contribution in [0.15, 0.2) is 18.2 Å². The summed E-state index contributed by atoms with van der Waals surface area (Å²) in [6.07, 6.45) is 0.989. The predicted molar refractivity (Wildman–Crippen MR) is 55.1 cm³/mol. The van der Waals surface area contributed by atoms with Gasteiger partial charge in [-0.1, -0.05) is 0 Å². The molecule has 0 aliphatic carbocycles. The molecule has 0 atom stereocenters. The van der Waals surface area contributed by atoms with Gasteiger partial charge in [0.15, 0.2) is 11.5 Å². The van der Waals surface area contributed by atoms with Crippen molar-refractivity contribution in [2.24, 2.45) is 0 Å². The minimum atomic E-state index is -3.54. The van der Waals surface area contributed by atoms with Crippen LogP contribution in [0.2, 0.25) is 0 Å². The maximum absolute atomic E-state index is 11.0. The second-order valence-electron chi connectivity index (χ2n) is 3.02. The van der Waals surface area contributed by atoms with Gasteiger partial charge in [-0.3, -0.25) is 0 Å². The van der Waals surface area contributed by atoms with E-state index in [4.69, 9.17) is 8.92 Å². The van der Waals surface area contributed by atoms with Gasteiger partial charge in [0, 0.05) is 5.56 Å². The van der Waals surface area contributed by atoms with Crippen LogP contribution in [0.5, 0.6) is 11.5 Å². The molecule has 0 saturated heterocycles. The monoisotopic (exact) mass is 267 g/mol. The second kappa shape index (κ2) is 5.93. The molecular weight excluding hydrogens is 254 g/mol. The van der Waals surface area contributed by atoms with Gasteiger partial charge in [0.1, 0.15) is 0 Å².